The average Bonchev–Trinajstić information content (AvgIpc) is 3.00. The van der Waals surface area contributed by atoms with Crippen molar-refractivity contribution in [3.05, 3.63) is 16.0 Å². The maximum atomic E-state index is 12.0. The van der Waals surface area contributed by atoms with Gasteiger partial charge in [-0.1, -0.05) is 0 Å². The average molecular weight is 479 g/mol. The van der Waals surface area contributed by atoms with E-state index in [0.717, 1.165) is 23.3 Å². The monoisotopic (exact) mass is 478 g/mol. The van der Waals surface area contributed by atoms with E-state index >= 15 is 0 Å². The van der Waals surface area contributed by atoms with Crippen molar-refractivity contribution in [1.82, 2.24) is 9.80 Å². The second-order valence-electron chi connectivity index (χ2n) is 10.1. The highest BCUT2D eigenvalue weighted by atomic mass is 32.1. The summed E-state index contributed by atoms with van der Waals surface area (Å²) in [6, 6.07) is 2.12. The van der Waals surface area contributed by atoms with E-state index in [-0.39, 0.29) is 24.5 Å². The Bertz CT molecular complexity index is 936. The Balaban J connectivity index is 0.000000245. The molecule has 3 heterocycles. The summed E-state index contributed by atoms with van der Waals surface area (Å²) in [5, 5.41) is 9.66. The highest BCUT2D eigenvalue weighted by molar-refractivity contribution is 7.16. The lowest BCUT2D eigenvalue weighted by Crippen LogP contribution is -2.43. The summed E-state index contributed by atoms with van der Waals surface area (Å²) in [6.45, 7) is 12.8. The molecule has 1 aromatic rings. The number of amides is 2. The zero-order valence-corrected chi connectivity index (χ0v) is 21.1. The molecule has 0 saturated carbocycles. The highest BCUT2D eigenvalue weighted by Gasteiger charge is 2.29. The van der Waals surface area contributed by atoms with Gasteiger partial charge in [0.1, 0.15) is 22.3 Å². The number of piperidine rings is 1. The number of likely N-dealkylation sites (tertiary alicyclic amines) is 1. The molecule has 0 radical (unpaired) electrons. The number of nitriles is 1. The Hall–Kier alpha value is -2.80. The van der Waals surface area contributed by atoms with E-state index in [9.17, 15) is 14.4 Å². The van der Waals surface area contributed by atoms with Gasteiger partial charge in [0.15, 0.2) is 5.78 Å². The van der Waals surface area contributed by atoms with Crippen LogP contribution in [-0.2, 0) is 27.2 Å². The van der Waals surface area contributed by atoms with E-state index in [0.29, 0.717) is 36.6 Å². The van der Waals surface area contributed by atoms with E-state index in [1.165, 1.54) is 16.2 Å². The standard InChI is InChI=1S/C13H17N3O2S.C10H17NO3/c1-13(2,3)18-12(17)16-5-4-10-9(7-16)8(6-14)11(15)19-10;1-10(2,3)14-9(13)11-6-4-5-8(12)7-11/h4-5,7,15H2,1-3H3;4-7H2,1-3H3. The quantitative estimate of drug-likeness (QED) is 0.595. The van der Waals surface area contributed by atoms with E-state index in [1.807, 2.05) is 41.5 Å². The molecule has 1 fully saturated rings. The largest absolute Gasteiger partial charge is 0.444 e. The van der Waals surface area contributed by atoms with Crippen molar-refractivity contribution in [1.29, 1.82) is 5.26 Å². The third-order valence-electron chi connectivity index (χ3n) is 4.74. The topological polar surface area (TPSA) is 126 Å². The molecule has 33 heavy (non-hydrogen) atoms. The second kappa shape index (κ2) is 10.4. The Morgan fingerprint density at radius 1 is 0.970 bits per heavy atom. The molecule has 0 spiro atoms. The summed E-state index contributed by atoms with van der Waals surface area (Å²) in [5.74, 6) is 0.113. The fourth-order valence-electron chi connectivity index (χ4n) is 3.33. The predicted octanol–water partition coefficient (Wildman–Crippen LogP) is 4.08. The Labute approximate surface area is 199 Å². The minimum absolute atomic E-state index is 0.113. The predicted molar refractivity (Wildman–Crippen MR) is 126 cm³/mol. The highest BCUT2D eigenvalue weighted by Crippen LogP contribution is 2.34. The van der Waals surface area contributed by atoms with Crippen molar-refractivity contribution in [3.8, 4) is 6.07 Å². The lowest BCUT2D eigenvalue weighted by atomic mass is 10.1. The number of hydrogen-bond acceptors (Lipinski definition) is 8. The summed E-state index contributed by atoms with van der Waals surface area (Å²) in [6.07, 6.45) is 1.33. The van der Waals surface area contributed by atoms with Crippen molar-refractivity contribution in [2.75, 3.05) is 25.4 Å². The van der Waals surface area contributed by atoms with Gasteiger partial charge in [0, 0.05) is 36.4 Å². The summed E-state index contributed by atoms with van der Waals surface area (Å²) in [5.41, 5.74) is 6.20. The van der Waals surface area contributed by atoms with Crippen LogP contribution in [0.25, 0.3) is 0 Å². The van der Waals surface area contributed by atoms with E-state index in [1.54, 1.807) is 4.90 Å². The lowest BCUT2D eigenvalue weighted by molar-refractivity contribution is -0.122. The number of nitrogen functional groups attached to an aromatic ring is 1. The molecule has 0 aromatic carbocycles. The van der Waals surface area contributed by atoms with Gasteiger partial charge < -0.3 is 25.0 Å². The molecule has 0 bridgehead atoms. The maximum absolute atomic E-state index is 12.0. The third-order valence-corrected chi connectivity index (χ3v) is 5.86. The molecule has 1 saturated heterocycles. The number of rotatable bonds is 0. The number of carbonyl (C=O) groups excluding carboxylic acids is 3. The number of carbonyl (C=O) groups is 3. The second-order valence-corrected chi connectivity index (χ2v) is 11.2. The van der Waals surface area contributed by atoms with Gasteiger partial charge in [-0.05, 0) is 48.0 Å². The van der Waals surface area contributed by atoms with Crippen LogP contribution in [0.15, 0.2) is 0 Å². The fourth-order valence-corrected chi connectivity index (χ4v) is 4.35. The Morgan fingerprint density at radius 3 is 2.00 bits per heavy atom. The smallest absolute Gasteiger partial charge is 0.410 e. The number of hydrogen-bond donors (Lipinski definition) is 1. The normalized spacial score (nSPS) is 16.2. The summed E-state index contributed by atoms with van der Waals surface area (Å²) in [4.78, 5) is 38.8. The number of ether oxygens (including phenoxy) is 2. The van der Waals surface area contributed by atoms with Crippen LogP contribution < -0.4 is 5.73 Å². The number of nitrogens with zero attached hydrogens (tertiary/aromatic N) is 3. The van der Waals surface area contributed by atoms with Gasteiger partial charge in [-0.25, -0.2) is 9.59 Å². The van der Waals surface area contributed by atoms with Gasteiger partial charge in [-0.3, -0.25) is 4.79 Å². The van der Waals surface area contributed by atoms with Gasteiger partial charge in [0.05, 0.1) is 18.7 Å². The molecule has 182 valence electrons. The first-order valence-electron chi connectivity index (χ1n) is 11.0. The molecule has 0 aliphatic carbocycles. The van der Waals surface area contributed by atoms with Gasteiger partial charge in [-0.2, -0.15) is 5.26 Å². The van der Waals surface area contributed by atoms with Crippen LogP contribution >= 0.6 is 11.3 Å². The maximum Gasteiger partial charge on any atom is 0.410 e. The van der Waals surface area contributed by atoms with Crippen LogP contribution in [0.2, 0.25) is 0 Å². The molecule has 2 aliphatic heterocycles. The first-order valence-corrected chi connectivity index (χ1v) is 11.8. The van der Waals surface area contributed by atoms with Crippen LogP contribution in [0, 0.1) is 11.3 Å². The number of fused-ring (bicyclic) bond motifs is 1. The Morgan fingerprint density at radius 2 is 1.52 bits per heavy atom. The minimum Gasteiger partial charge on any atom is -0.444 e. The van der Waals surface area contributed by atoms with Gasteiger partial charge in [-0.15, -0.1) is 11.3 Å². The molecule has 2 aliphatic rings. The fraction of sp³-hybridized carbons (Fsp3) is 0.652. The van der Waals surface area contributed by atoms with Gasteiger partial charge in [0.2, 0.25) is 0 Å². The van der Waals surface area contributed by atoms with E-state index in [4.69, 9.17) is 20.5 Å². The molecule has 0 atom stereocenters. The van der Waals surface area contributed by atoms with Crippen LogP contribution in [0.1, 0.15) is 70.4 Å². The summed E-state index contributed by atoms with van der Waals surface area (Å²) < 4.78 is 10.5. The molecule has 0 unspecified atom stereocenters. The number of thiophene rings is 1. The van der Waals surface area contributed by atoms with E-state index in [2.05, 4.69) is 6.07 Å². The summed E-state index contributed by atoms with van der Waals surface area (Å²) in [7, 11) is 0. The van der Waals surface area contributed by atoms with Crippen molar-refractivity contribution in [2.24, 2.45) is 0 Å². The molecule has 3 rings (SSSR count). The van der Waals surface area contributed by atoms with Gasteiger partial charge >= 0.3 is 12.2 Å². The number of ketones is 1. The van der Waals surface area contributed by atoms with Crippen LogP contribution in [0.3, 0.4) is 0 Å². The van der Waals surface area contributed by atoms with Crippen molar-refractivity contribution < 1.29 is 23.9 Å². The molecule has 2 N–H and O–H groups in total. The molecule has 2 amide bonds. The van der Waals surface area contributed by atoms with Crippen molar-refractivity contribution >= 4 is 34.3 Å². The van der Waals surface area contributed by atoms with E-state index < -0.39 is 11.2 Å². The van der Waals surface area contributed by atoms with Gasteiger partial charge in [0.25, 0.3) is 0 Å². The molecular formula is C23H34N4O5S. The summed E-state index contributed by atoms with van der Waals surface area (Å²) >= 11 is 1.44. The first kappa shape index (κ1) is 26.5. The van der Waals surface area contributed by atoms with Crippen LogP contribution in [0.5, 0.6) is 0 Å². The molecule has 10 heteroatoms. The van der Waals surface area contributed by atoms with Crippen molar-refractivity contribution in [2.45, 2.75) is 78.6 Å². The molecular weight excluding hydrogens is 444 g/mol. The minimum atomic E-state index is -0.511. The lowest BCUT2D eigenvalue weighted by Gasteiger charge is -2.30. The number of anilines is 1. The molecule has 9 nitrogen and oxygen atoms in total. The zero-order chi connectivity index (χ0) is 25.0. The Kier molecular flexibility index (Phi) is 8.36. The molecule has 1 aromatic heterocycles. The SMILES string of the molecule is CC(C)(C)OC(=O)N1CCCC(=O)C1.CC(C)(C)OC(=O)N1CCc2sc(N)c(C#N)c2C1. The zero-order valence-electron chi connectivity index (χ0n) is 20.3. The van der Waals surface area contributed by atoms with Crippen LogP contribution in [0.4, 0.5) is 14.6 Å². The third kappa shape index (κ3) is 7.93. The number of nitrogens with two attached hydrogens (primary N) is 1. The first-order chi connectivity index (χ1) is 15.2. The van der Waals surface area contributed by atoms with Crippen molar-refractivity contribution in [3.63, 3.8) is 0 Å². The number of Topliss-reactive ketones (excluding diaryl/α,β-unsaturated/α-hetero) is 1. The van der Waals surface area contributed by atoms with Crippen LogP contribution in [-0.4, -0.2) is 58.6 Å².